The molecule has 0 aliphatic carbocycles. The third-order valence-corrected chi connectivity index (χ3v) is 5.61. The van der Waals surface area contributed by atoms with Crippen molar-refractivity contribution < 1.29 is 18.1 Å². The third-order valence-electron chi connectivity index (χ3n) is 4.41. The number of anilines is 1. The fraction of sp³-hybridized carbons (Fsp3) is 0.200. The number of rotatable bonds is 5. The predicted octanol–water partition coefficient (Wildman–Crippen LogP) is 3.18. The van der Waals surface area contributed by atoms with Crippen LogP contribution in [0, 0.1) is 5.82 Å². The topological polar surface area (TPSA) is 73.2 Å². The van der Waals surface area contributed by atoms with Gasteiger partial charge in [0, 0.05) is 16.4 Å². The molecule has 4 rings (SSSR count). The van der Waals surface area contributed by atoms with E-state index in [1.165, 1.54) is 12.1 Å². The van der Waals surface area contributed by atoms with Crippen molar-refractivity contribution >= 4 is 22.5 Å². The molecule has 1 N–H and O–H groups in total. The van der Waals surface area contributed by atoms with Crippen LogP contribution in [0.5, 0.6) is 5.75 Å². The highest BCUT2D eigenvalue weighted by Gasteiger charge is 2.29. The van der Waals surface area contributed by atoms with Crippen LogP contribution in [0.4, 0.5) is 10.2 Å². The molecule has 0 radical (unpaired) electrons. The summed E-state index contributed by atoms with van der Waals surface area (Å²) in [4.78, 5) is 12.7. The zero-order chi connectivity index (χ0) is 19.7. The Kier molecular flexibility index (Phi) is 4.95. The minimum Gasteiger partial charge on any atom is -0.481 e. The van der Waals surface area contributed by atoms with Gasteiger partial charge in [0.1, 0.15) is 17.4 Å². The van der Waals surface area contributed by atoms with Crippen molar-refractivity contribution in [2.75, 3.05) is 5.32 Å². The zero-order valence-electron chi connectivity index (χ0n) is 15.1. The Hall–Kier alpha value is -3.00. The highest BCUT2D eigenvalue weighted by Crippen LogP contribution is 2.31. The van der Waals surface area contributed by atoms with Gasteiger partial charge >= 0.3 is 0 Å². The molecule has 8 heteroatoms. The van der Waals surface area contributed by atoms with Gasteiger partial charge in [0.15, 0.2) is 6.10 Å². The molecule has 3 aromatic rings. The highest BCUT2D eigenvalue weighted by molar-refractivity contribution is 7.83. The largest absolute Gasteiger partial charge is 0.481 e. The molecular formula is C20H18FN3O3S. The van der Waals surface area contributed by atoms with Crippen molar-refractivity contribution in [3.63, 3.8) is 0 Å². The van der Waals surface area contributed by atoms with Crippen molar-refractivity contribution in [3.8, 4) is 11.4 Å². The summed E-state index contributed by atoms with van der Waals surface area (Å²) in [6, 6.07) is 14.9. The number of fused-ring (bicyclic) bond motifs is 1. The van der Waals surface area contributed by atoms with Crippen LogP contribution in [0.25, 0.3) is 5.69 Å². The van der Waals surface area contributed by atoms with E-state index >= 15 is 0 Å². The Morgan fingerprint density at radius 1 is 1.18 bits per heavy atom. The molecule has 0 bridgehead atoms. The predicted molar refractivity (Wildman–Crippen MR) is 104 cm³/mol. The van der Waals surface area contributed by atoms with Crippen LogP contribution in [-0.4, -0.2) is 26.0 Å². The van der Waals surface area contributed by atoms with Gasteiger partial charge in [0.25, 0.3) is 5.91 Å². The second-order valence-corrected chi connectivity index (χ2v) is 7.91. The van der Waals surface area contributed by atoms with Crippen molar-refractivity contribution in [3.05, 3.63) is 71.7 Å². The minimum absolute atomic E-state index is 0.320. The Labute approximate surface area is 163 Å². The number of ether oxygens (including phenoxy) is 1. The molecule has 6 nitrogen and oxygen atoms in total. The van der Waals surface area contributed by atoms with Crippen molar-refractivity contribution in [2.45, 2.75) is 24.5 Å². The van der Waals surface area contributed by atoms with E-state index in [1.807, 2.05) is 18.2 Å². The van der Waals surface area contributed by atoms with Crippen LogP contribution >= 0.6 is 0 Å². The molecule has 0 fully saturated rings. The first-order valence-corrected chi connectivity index (χ1v) is 10.2. The molecule has 28 heavy (non-hydrogen) atoms. The van der Waals surface area contributed by atoms with E-state index in [2.05, 4.69) is 10.4 Å². The molecule has 1 aliphatic heterocycles. The molecule has 0 saturated carbocycles. The normalized spacial score (nSPS) is 16.4. The molecule has 2 aromatic carbocycles. The second-order valence-electron chi connectivity index (χ2n) is 6.45. The van der Waals surface area contributed by atoms with E-state index in [0.717, 1.165) is 5.56 Å². The maximum Gasteiger partial charge on any atom is 0.266 e. The van der Waals surface area contributed by atoms with E-state index in [4.69, 9.17) is 4.74 Å². The van der Waals surface area contributed by atoms with E-state index in [9.17, 15) is 13.4 Å². The molecule has 1 aromatic heterocycles. The first-order valence-electron chi connectivity index (χ1n) is 8.75. The first kappa shape index (κ1) is 18.4. The van der Waals surface area contributed by atoms with E-state index in [-0.39, 0.29) is 11.7 Å². The number of nitrogens with one attached hydrogen (secondary N) is 1. The summed E-state index contributed by atoms with van der Waals surface area (Å²) >= 11 is 0. The molecule has 1 amide bonds. The second kappa shape index (κ2) is 7.55. The van der Waals surface area contributed by atoms with Gasteiger partial charge in [0.05, 0.1) is 22.9 Å². The standard InChI is InChI=1S/C20H18FN3O3S/c1-13(27-16-5-3-2-4-6-16)20(25)22-19-17-11-28(26)12-18(17)23-24(19)15-9-7-14(21)8-10-15/h2-10,13H,11-12H2,1H3,(H,22,25). The number of benzene rings is 2. The number of para-hydroxylation sites is 1. The van der Waals surface area contributed by atoms with Gasteiger partial charge < -0.3 is 10.1 Å². The number of aromatic nitrogens is 2. The van der Waals surface area contributed by atoms with Crippen molar-refractivity contribution in [1.82, 2.24) is 9.78 Å². The molecule has 0 saturated heterocycles. The number of carbonyl (C=O) groups excluding carboxylic acids is 1. The summed E-state index contributed by atoms with van der Waals surface area (Å²) < 4.78 is 32.4. The number of hydrogen-bond acceptors (Lipinski definition) is 4. The smallest absolute Gasteiger partial charge is 0.266 e. The number of hydrogen-bond donors (Lipinski definition) is 1. The lowest BCUT2D eigenvalue weighted by Gasteiger charge is -2.16. The number of nitrogens with zero attached hydrogens (tertiary/aromatic N) is 2. The minimum atomic E-state index is -1.04. The summed E-state index contributed by atoms with van der Waals surface area (Å²) in [5, 5.41) is 7.34. The van der Waals surface area contributed by atoms with Crippen LogP contribution in [-0.2, 0) is 27.1 Å². The van der Waals surface area contributed by atoms with Gasteiger partial charge in [-0.25, -0.2) is 9.07 Å². The molecule has 0 spiro atoms. The number of halogens is 1. The van der Waals surface area contributed by atoms with Crippen LogP contribution in [0.3, 0.4) is 0 Å². The van der Waals surface area contributed by atoms with Gasteiger partial charge in [-0.2, -0.15) is 5.10 Å². The lowest BCUT2D eigenvalue weighted by Crippen LogP contribution is -2.31. The monoisotopic (exact) mass is 399 g/mol. The average molecular weight is 399 g/mol. The molecule has 2 unspecified atom stereocenters. The summed E-state index contributed by atoms with van der Waals surface area (Å²) in [7, 11) is -1.04. The van der Waals surface area contributed by atoms with Crippen LogP contribution in [0.15, 0.2) is 54.6 Å². The fourth-order valence-electron chi connectivity index (χ4n) is 3.00. The number of amides is 1. The SMILES string of the molecule is CC(Oc1ccccc1)C(=O)Nc1c2c(nn1-c1ccc(F)cc1)CS(=O)C2. The maximum atomic E-state index is 13.3. The van der Waals surface area contributed by atoms with Gasteiger partial charge in [-0.1, -0.05) is 18.2 Å². The summed E-state index contributed by atoms with van der Waals surface area (Å²) in [6.07, 6.45) is -0.749. The zero-order valence-corrected chi connectivity index (χ0v) is 15.9. The lowest BCUT2D eigenvalue weighted by molar-refractivity contribution is -0.122. The molecule has 144 valence electrons. The van der Waals surface area contributed by atoms with Crippen molar-refractivity contribution in [2.24, 2.45) is 0 Å². The molecule has 1 aliphatic rings. The van der Waals surface area contributed by atoms with Gasteiger partial charge in [-0.15, -0.1) is 0 Å². The van der Waals surface area contributed by atoms with E-state index < -0.39 is 16.9 Å². The fourth-order valence-corrected chi connectivity index (χ4v) is 4.26. The quantitative estimate of drug-likeness (QED) is 0.715. The van der Waals surface area contributed by atoms with Crippen LogP contribution < -0.4 is 10.1 Å². The van der Waals surface area contributed by atoms with Gasteiger partial charge in [0.2, 0.25) is 0 Å². The summed E-state index contributed by atoms with van der Waals surface area (Å²) in [5.41, 5.74) is 2.02. The van der Waals surface area contributed by atoms with Gasteiger partial charge in [-0.3, -0.25) is 9.00 Å². The lowest BCUT2D eigenvalue weighted by atomic mass is 10.2. The molecule has 2 atom stereocenters. The maximum absolute atomic E-state index is 13.3. The Bertz CT molecular complexity index is 1030. The summed E-state index contributed by atoms with van der Waals surface area (Å²) in [6.45, 7) is 1.65. The Morgan fingerprint density at radius 2 is 1.89 bits per heavy atom. The third kappa shape index (κ3) is 3.68. The molecular weight excluding hydrogens is 381 g/mol. The van der Waals surface area contributed by atoms with Crippen molar-refractivity contribution in [1.29, 1.82) is 0 Å². The Balaban J connectivity index is 1.62. The highest BCUT2D eigenvalue weighted by atomic mass is 32.2. The number of carbonyl (C=O) groups is 1. The Morgan fingerprint density at radius 3 is 2.61 bits per heavy atom. The summed E-state index contributed by atoms with van der Waals surface area (Å²) in [5.74, 6) is 0.972. The van der Waals surface area contributed by atoms with E-state index in [0.29, 0.717) is 34.5 Å². The molecule has 2 heterocycles. The average Bonchev–Trinajstić information content (AvgIpc) is 3.20. The van der Waals surface area contributed by atoms with E-state index in [1.54, 1.807) is 35.9 Å². The van der Waals surface area contributed by atoms with Crippen LogP contribution in [0.2, 0.25) is 0 Å². The van der Waals surface area contributed by atoms with Gasteiger partial charge in [-0.05, 0) is 43.3 Å². The first-order chi connectivity index (χ1) is 13.5. The van der Waals surface area contributed by atoms with Crippen LogP contribution in [0.1, 0.15) is 18.2 Å².